The summed E-state index contributed by atoms with van der Waals surface area (Å²) in [5.41, 5.74) is 5.82. The number of nitrogens with two attached hydrogens (primary N) is 1. The first kappa shape index (κ1) is 15.0. The van der Waals surface area contributed by atoms with Crippen LogP contribution < -0.4 is 5.73 Å². The van der Waals surface area contributed by atoms with E-state index < -0.39 is 29.2 Å². The topological polar surface area (TPSA) is 87.6 Å². The molecule has 0 unspecified atom stereocenters. The van der Waals surface area contributed by atoms with Crippen LogP contribution in [0.25, 0.3) is 0 Å². The van der Waals surface area contributed by atoms with E-state index >= 15 is 0 Å². The highest BCUT2D eigenvalue weighted by Gasteiger charge is 2.53. The average Bonchev–Trinajstić information content (AvgIpc) is 2.57. The normalized spacial score (nSPS) is 21.8. The van der Waals surface area contributed by atoms with Gasteiger partial charge in [-0.05, 0) is 33.3 Å². The molecule has 1 saturated heterocycles. The van der Waals surface area contributed by atoms with Gasteiger partial charge in [-0.15, -0.1) is 0 Å². The lowest BCUT2D eigenvalue weighted by molar-refractivity contribution is -0.384. The minimum atomic E-state index is -0.623. The standard InChI is InChI=1S/C13H19BN2O4/c1-12(2)13(3,4)20-14(19-12)11(15)9-6-5-7-10(8-9)16(17)18/h5-8,11H,15H2,1-4H3/t11-/m1/s1. The Bertz CT molecular complexity index is 517. The van der Waals surface area contributed by atoms with Gasteiger partial charge >= 0.3 is 7.12 Å². The van der Waals surface area contributed by atoms with Crippen LogP contribution in [0, 0.1) is 10.1 Å². The van der Waals surface area contributed by atoms with E-state index in [2.05, 4.69) is 0 Å². The molecule has 0 bridgehead atoms. The van der Waals surface area contributed by atoms with E-state index in [1.807, 2.05) is 27.7 Å². The van der Waals surface area contributed by atoms with E-state index in [1.165, 1.54) is 12.1 Å². The third-order valence-electron chi connectivity index (χ3n) is 4.03. The molecule has 2 rings (SSSR count). The first-order valence-electron chi connectivity index (χ1n) is 6.50. The summed E-state index contributed by atoms with van der Waals surface area (Å²) >= 11 is 0. The highest BCUT2D eigenvalue weighted by atomic mass is 16.7. The van der Waals surface area contributed by atoms with Crippen molar-refractivity contribution in [3.63, 3.8) is 0 Å². The molecule has 0 saturated carbocycles. The van der Waals surface area contributed by atoms with E-state index in [9.17, 15) is 10.1 Å². The maximum Gasteiger partial charge on any atom is 0.480 e. The van der Waals surface area contributed by atoms with Crippen molar-refractivity contribution in [1.82, 2.24) is 0 Å². The Hall–Kier alpha value is -1.44. The van der Waals surface area contributed by atoms with Crippen molar-refractivity contribution in [2.24, 2.45) is 5.73 Å². The summed E-state index contributed by atoms with van der Waals surface area (Å²) in [7, 11) is -0.623. The van der Waals surface area contributed by atoms with Gasteiger partial charge < -0.3 is 15.0 Å². The summed E-state index contributed by atoms with van der Waals surface area (Å²) < 4.78 is 11.7. The summed E-state index contributed by atoms with van der Waals surface area (Å²) in [6.45, 7) is 7.75. The summed E-state index contributed by atoms with van der Waals surface area (Å²) in [5, 5.41) is 10.8. The summed E-state index contributed by atoms with van der Waals surface area (Å²) in [4.78, 5) is 10.4. The van der Waals surface area contributed by atoms with Gasteiger partial charge in [-0.25, -0.2) is 0 Å². The van der Waals surface area contributed by atoms with Crippen molar-refractivity contribution in [1.29, 1.82) is 0 Å². The van der Waals surface area contributed by atoms with Gasteiger partial charge in [0.2, 0.25) is 0 Å². The van der Waals surface area contributed by atoms with Crippen molar-refractivity contribution in [2.75, 3.05) is 0 Å². The van der Waals surface area contributed by atoms with Gasteiger partial charge in [-0.2, -0.15) is 0 Å². The molecular formula is C13H19BN2O4. The Labute approximate surface area is 118 Å². The number of benzene rings is 1. The van der Waals surface area contributed by atoms with E-state index in [4.69, 9.17) is 15.0 Å². The van der Waals surface area contributed by atoms with Crippen LogP contribution >= 0.6 is 0 Å². The fraction of sp³-hybridized carbons (Fsp3) is 0.538. The SMILES string of the molecule is CC1(C)OB([C@H](N)c2cccc([N+](=O)[O-])c2)OC1(C)C. The minimum Gasteiger partial charge on any atom is -0.402 e. The molecule has 1 aliphatic heterocycles. The Kier molecular flexibility index (Phi) is 3.62. The Morgan fingerprint density at radius 2 is 1.80 bits per heavy atom. The minimum absolute atomic E-state index is 0.00877. The molecule has 1 aromatic carbocycles. The number of hydrogen-bond acceptors (Lipinski definition) is 5. The molecule has 1 aromatic rings. The largest absolute Gasteiger partial charge is 0.480 e. The fourth-order valence-electron chi connectivity index (χ4n) is 2.04. The molecule has 0 aliphatic carbocycles. The smallest absolute Gasteiger partial charge is 0.402 e. The number of non-ortho nitro benzene ring substituents is 1. The van der Waals surface area contributed by atoms with Crippen molar-refractivity contribution in [3.05, 3.63) is 39.9 Å². The van der Waals surface area contributed by atoms with Crippen molar-refractivity contribution >= 4 is 12.8 Å². The zero-order chi connectivity index (χ0) is 15.1. The molecular weight excluding hydrogens is 259 g/mol. The predicted molar refractivity (Wildman–Crippen MR) is 76.1 cm³/mol. The van der Waals surface area contributed by atoms with Gasteiger partial charge in [-0.3, -0.25) is 10.1 Å². The van der Waals surface area contributed by atoms with Gasteiger partial charge in [0.05, 0.1) is 22.1 Å². The molecule has 0 amide bonds. The number of hydrogen-bond donors (Lipinski definition) is 1. The summed E-state index contributed by atoms with van der Waals surface area (Å²) in [6.07, 6.45) is 0. The summed E-state index contributed by atoms with van der Waals surface area (Å²) in [5.74, 6) is -0.573. The highest BCUT2D eigenvalue weighted by molar-refractivity contribution is 6.47. The van der Waals surface area contributed by atoms with E-state index in [0.29, 0.717) is 5.56 Å². The lowest BCUT2D eigenvalue weighted by atomic mass is 9.75. The third kappa shape index (κ3) is 2.56. The molecule has 20 heavy (non-hydrogen) atoms. The van der Waals surface area contributed by atoms with E-state index in [1.54, 1.807) is 12.1 Å². The van der Waals surface area contributed by atoms with Crippen LogP contribution in [-0.4, -0.2) is 23.2 Å². The van der Waals surface area contributed by atoms with Crippen LogP contribution in [0.15, 0.2) is 24.3 Å². The molecule has 1 atom stereocenters. The van der Waals surface area contributed by atoms with E-state index in [-0.39, 0.29) is 5.69 Å². The maximum absolute atomic E-state index is 10.8. The molecule has 0 aromatic heterocycles. The highest BCUT2D eigenvalue weighted by Crippen LogP contribution is 2.39. The Morgan fingerprint density at radius 3 is 2.30 bits per heavy atom. The van der Waals surface area contributed by atoms with Gasteiger partial charge in [0.25, 0.3) is 5.69 Å². The molecule has 1 heterocycles. The second-order valence-corrected chi connectivity index (χ2v) is 6.00. The second kappa shape index (κ2) is 4.84. The Balaban J connectivity index is 2.23. The van der Waals surface area contributed by atoms with E-state index in [0.717, 1.165) is 0 Å². The lowest BCUT2D eigenvalue weighted by Crippen LogP contribution is -2.41. The zero-order valence-corrected chi connectivity index (χ0v) is 12.1. The number of nitro groups is 1. The quantitative estimate of drug-likeness (QED) is 0.520. The summed E-state index contributed by atoms with van der Waals surface area (Å²) in [6, 6.07) is 6.23. The van der Waals surface area contributed by atoms with Crippen LogP contribution in [0.4, 0.5) is 5.69 Å². The monoisotopic (exact) mass is 278 g/mol. The van der Waals surface area contributed by atoms with Crippen LogP contribution in [0.5, 0.6) is 0 Å². The number of nitro benzene ring substituents is 1. The van der Waals surface area contributed by atoms with Crippen LogP contribution in [0.2, 0.25) is 0 Å². The van der Waals surface area contributed by atoms with Crippen LogP contribution in [-0.2, 0) is 9.31 Å². The van der Waals surface area contributed by atoms with Gasteiger partial charge in [0.1, 0.15) is 0 Å². The second-order valence-electron chi connectivity index (χ2n) is 6.00. The van der Waals surface area contributed by atoms with Crippen LogP contribution in [0.1, 0.15) is 39.2 Å². The molecule has 6 nitrogen and oxygen atoms in total. The number of rotatable bonds is 3. The Morgan fingerprint density at radius 1 is 1.25 bits per heavy atom. The van der Waals surface area contributed by atoms with Gasteiger partial charge in [0.15, 0.2) is 0 Å². The first-order chi connectivity index (χ1) is 9.14. The van der Waals surface area contributed by atoms with Crippen molar-refractivity contribution in [2.45, 2.75) is 44.8 Å². The average molecular weight is 278 g/mol. The molecule has 108 valence electrons. The first-order valence-corrected chi connectivity index (χ1v) is 6.50. The molecule has 1 fully saturated rings. The van der Waals surface area contributed by atoms with Crippen molar-refractivity contribution in [3.8, 4) is 0 Å². The van der Waals surface area contributed by atoms with Crippen molar-refractivity contribution < 1.29 is 14.2 Å². The predicted octanol–water partition coefficient (Wildman–Crippen LogP) is 2.23. The fourth-order valence-corrected chi connectivity index (χ4v) is 2.04. The van der Waals surface area contributed by atoms with Gasteiger partial charge in [0, 0.05) is 12.1 Å². The molecule has 2 N–H and O–H groups in total. The lowest BCUT2D eigenvalue weighted by Gasteiger charge is -2.32. The molecule has 7 heteroatoms. The number of nitrogens with zero attached hydrogens (tertiary/aromatic N) is 1. The van der Waals surface area contributed by atoms with Gasteiger partial charge in [-0.1, -0.05) is 12.1 Å². The molecule has 1 aliphatic rings. The zero-order valence-electron chi connectivity index (χ0n) is 12.1. The third-order valence-corrected chi connectivity index (χ3v) is 4.03. The van der Waals surface area contributed by atoms with Crippen LogP contribution in [0.3, 0.4) is 0 Å². The molecule has 0 radical (unpaired) electrons. The maximum atomic E-state index is 10.8. The molecule has 0 spiro atoms.